The van der Waals surface area contributed by atoms with Crippen molar-refractivity contribution in [2.75, 3.05) is 12.4 Å². The number of amides is 1. The van der Waals surface area contributed by atoms with Crippen molar-refractivity contribution in [1.82, 2.24) is 9.78 Å². The van der Waals surface area contributed by atoms with E-state index in [0.29, 0.717) is 24.4 Å². The minimum Gasteiger partial charge on any atom is -0.497 e. The van der Waals surface area contributed by atoms with E-state index in [4.69, 9.17) is 9.47 Å². The molecular formula is C25H22BrN3O3. The molecule has 0 atom stereocenters. The van der Waals surface area contributed by atoms with E-state index in [1.807, 2.05) is 66.7 Å². The SMILES string of the molecule is COc1cccc(Cn2cc(NC(=O)c3cccc(COc4ccccc4Br)c3)cn2)c1. The second-order valence-electron chi connectivity index (χ2n) is 7.15. The minimum absolute atomic E-state index is 0.200. The first-order valence-corrected chi connectivity index (χ1v) is 10.8. The van der Waals surface area contributed by atoms with Gasteiger partial charge in [0.25, 0.3) is 5.91 Å². The monoisotopic (exact) mass is 491 g/mol. The summed E-state index contributed by atoms with van der Waals surface area (Å²) < 4.78 is 13.8. The zero-order chi connectivity index (χ0) is 22.3. The molecule has 1 aromatic heterocycles. The molecule has 6 nitrogen and oxygen atoms in total. The van der Waals surface area contributed by atoms with Crippen molar-refractivity contribution in [2.24, 2.45) is 0 Å². The van der Waals surface area contributed by atoms with E-state index in [1.165, 1.54) is 0 Å². The van der Waals surface area contributed by atoms with E-state index in [2.05, 4.69) is 26.3 Å². The van der Waals surface area contributed by atoms with Crippen LogP contribution in [0.5, 0.6) is 11.5 Å². The van der Waals surface area contributed by atoms with Crippen LogP contribution in [-0.2, 0) is 13.2 Å². The fourth-order valence-corrected chi connectivity index (χ4v) is 3.60. The third kappa shape index (κ3) is 5.56. The topological polar surface area (TPSA) is 65.4 Å². The summed E-state index contributed by atoms with van der Waals surface area (Å²) in [5.74, 6) is 1.35. The van der Waals surface area contributed by atoms with Crippen LogP contribution in [0.3, 0.4) is 0 Å². The van der Waals surface area contributed by atoms with Crippen molar-refractivity contribution < 1.29 is 14.3 Å². The van der Waals surface area contributed by atoms with Gasteiger partial charge >= 0.3 is 0 Å². The molecule has 0 radical (unpaired) electrons. The Bertz CT molecular complexity index is 1220. The minimum atomic E-state index is -0.200. The van der Waals surface area contributed by atoms with E-state index < -0.39 is 0 Å². The number of nitrogens with one attached hydrogen (secondary N) is 1. The zero-order valence-corrected chi connectivity index (χ0v) is 19.1. The van der Waals surface area contributed by atoms with Crippen molar-refractivity contribution in [3.05, 3.63) is 106 Å². The summed E-state index contributed by atoms with van der Waals surface area (Å²) in [6, 6.07) is 22.8. The number of carbonyl (C=O) groups is 1. The maximum atomic E-state index is 12.7. The third-order valence-electron chi connectivity index (χ3n) is 4.79. The van der Waals surface area contributed by atoms with Crippen LogP contribution < -0.4 is 14.8 Å². The van der Waals surface area contributed by atoms with E-state index in [0.717, 1.165) is 27.1 Å². The van der Waals surface area contributed by atoms with Crippen LogP contribution in [0.2, 0.25) is 0 Å². The van der Waals surface area contributed by atoms with Gasteiger partial charge in [-0.3, -0.25) is 9.48 Å². The Balaban J connectivity index is 1.38. The lowest BCUT2D eigenvalue weighted by molar-refractivity contribution is 0.102. The quantitative estimate of drug-likeness (QED) is 0.351. The largest absolute Gasteiger partial charge is 0.497 e. The van der Waals surface area contributed by atoms with Gasteiger partial charge in [0.15, 0.2) is 0 Å². The molecule has 32 heavy (non-hydrogen) atoms. The second kappa shape index (κ2) is 10.2. The van der Waals surface area contributed by atoms with Crippen molar-refractivity contribution in [3.8, 4) is 11.5 Å². The first-order valence-electron chi connectivity index (χ1n) is 10.0. The Morgan fingerprint density at radius 2 is 1.84 bits per heavy atom. The molecule has 162 valence electrons. The summed E-state index contributed by atoms with van der Waals surface area (Å²) in [6.07, 6.45) is 3.44. The van der Waals surface area contributed by atoms with Gasteiger partial charge in [-0.15, -0.1) is 0 Å². The fourth-order valence-electron chi connectivity index (χ4n) is 3.20. The molecule has 1 N–H and O–H groups in total. The summed E-state index contributed by atoms with van der Waals surface area (Å²) in [6.45, 7) is 0.942. The van der Waals surface area contributed by atoms with Gasteiger partial charge in [-0.05, 0) is 63.5 Å². The Morgan fingerprint density at radius 1 is 1.03 bits per heavy atom. The van der Waals surface area contributed by atoms with E-state index >= 15 is 0 Å². The average Bonchev–Trinajstić information content (AvgIpc) is 3.25. The number of hydrogen-bond acceptors (Lipinski definition) is 4. The van der Waals surface area contributed by atoms with E-state index in [1.54, 1.807) is 30.3 Å². The highest BCUT2D eigenvalue weighted by molar-refractivity contribution is 9.10. The Hall–Kier alpha value is -3.58. The van der Waals surface area contributed by atoms with Crippen molar-refractivity contribution in [2.45, 2.75) is 13.2 Å². The number of nitrogens with zero attached hydrogens (tertiary/aromatic N) is 2. The predicted molar refractivity (Wildman–Crippen MR) is 127 cm³/mol. The molecule has 0 bridgehead atoms. The van der Waals surface area contributed by atoms with Crippen LogP contribution in [0.4, 0.5) is 5.69 Å². The molecule has 3 aromatic carbocycles. The summed E-state index contributed by atoms with van der Waals surface area (Å²) in [4.78, 5) is 12.7. The van der Waals surface area contributed by atoms with E-state index in [9.17, 15) is 4.79 Å². The number of hydrogen-bond donors (Lipinski definition) is 1. The van der Waals surface area contributed by atoms with E-state index in [-0.39, 0.29) is 5.91 Å². The second-order valence-corrected chi connectivity index (χ2v) is 8.01. The number of anilines is 1. The molecule has 7 heteroatoms. The van der Waals surface area contributed by atoms with Crippen molar-refractivity contribution in [1.29, 1.82) is 0 Å². The first kappa shape index (κ1) is 21.6. The molecule has 0 aliphatic rings. The molecule has 0 spiro atoms. The first-order chi connectivity index (χ1) is 15.6. The summed E-state index contributed by atoms with van der Waals surface area (Å²) in [5.41, 5.74) is 3.15. The molecule has 1 heterocycles. The molecule has 4 rings (SSSR count). The smallest absolute Gasteiger partial charge is 0.255 e. The van der Waals surface area contributed by atoms with Crippen molar-refractivity contribution >= 4 is 27.5 Å². The van der Waals surface area contributed by atoms with Gasteiger partial charge in [-0.1, -0.05) is 36.4 Å². The lowest BCUT2D eigenvalue weighted by atomic mass is 10.1. The van der Waals surface area contributed by atoms with Crippen LogP contribution in [0, 0.1) is 0 Å². The third-order valence-corrected chi connectivity index (χ3v) is 5.45. The molecule has 0 saturated carbocycles. The summed E-state index contributed by atoms with van der Waals surface area (Å²) in [5, 5.41) is 7.24. The predicted octanol–water partition coefficient (Wildman–Crippen LogP) is 5.53. The van der Waals surface area contributed by atoms with Gasteiger partial charge in [0.1, 0.15) is 18.1 Å². The highest BCUT2D eigenvalue weighted by atomic mass is 79.9. The van der Waals surface area contributed by atoms with Gasteiger partial charge in [0.05, 0.1) is 30.0 Å². The van der Waals surface area contributed by atoms with Crippen LogP contribution in [-0.4, -0.2) is 22.8 Å². The van der Waals surface area contributed by atoms with Crippen LogP contribution in [0.25, 0.3) is 0 Å². The summed E-state index contributed by atoms with van der Waals surface area (Å²) >= 11 is 3.47. The van der Waals surface area contributed by atoms with Gasteiger partial charge in [0, 0.05) is 11.8 Å². The van der Waals surface area contributed by atoms with Gasteiger partial charge in [-0.2, -0.15) is 5.10 Å². The Labute approximate surface area is 194 Å². The molecular weight excluding hydrogens is 470 g/mol. The van der Waals surface area contributed by atoms with Gasteiger partial charge in [-0.25, -0.2) is 0 Å². The number of para-hydroxylation sites is 1. The van der Waals surface area contributed by atoms with Crippen LogP contribution in [0.1, 0.15) is 21.5 Å². The standard InChI is InChI=1S/C25H22BrN3O3/c1-31-22-9-5-6-18(13-22)15-29-16-21(14-27-29)28-25(30)20-8-4-7-19(12-20)17-32-24-11-3-2-10-23(24)26/h2-14,16H,15,17H2,1H3,(H,28,30). The molecule has 0 fully saturated rings. The number of methoxy groups -OCH3 is 1. The Kier molecular flexibility index (Phi) is 6.87. The van der Waals surface area contributed by atoms with Gasteiger partial charge in [0.2, 0.25) is 0 Å². The Morgan fingerprint density at radius 3 is 2.69 bits per heavy atom. The number of carbonyl (C=O) groups excluding carboxylic acids is 1. The molecule has 0 aliphatic carbocycles. The lowest BCUT2D eigenvalue weighted by Gasteiger charge is -2.09. The number of halogens is 1. The lowest BCUT2D eigenvalue weighted by Crippen LogP contribution is -2.12. The van der Waals surface area contributed by atoms with Gasteiger partial charge < -0.3 is 14.8 Å². The highest BCUT2D eigenvalue weighted by Gasteiger charge is 2.10. The molecule has 0 saturated heterocycles. The maximum Gasteiger partial charge on any atom is 0.255 e. The van der Waals surface area contributed by atoms with Crippen LogP contribution in [0.15, 0.2) is 89.7 Å². The zero-order valence-electron chi connectivity index (χ0n) is 17.5. The molecule has 4 aromatic rings. The average molecular weight is 492 g/mol. The number of benzene rings is 3. The summed E-state index contributed by atoms with van der Waals surface area (Å²) in [7, 11) is 1.64. The number of ether oxygens (including phenoxy) is 2. The molecule has 0 unspecified atom stereocenters. The fraction of sp³-hybridized carbons (Fsp3) is 0.120. The molecule has 1 amide bonds. The number of aromatic nitrogens is 2. The maximum absolute atomic E-state index is 12.7. The number of rotatable bonds is 8. The van der Waals surface area contributed by atoms with Crippen LogP contribution >= 0.6 is 15.9 Å². The van der Waals surface area contributed by atoms with Crippen molar-refractivity contribution in [3.63, 3.8) is 0 Å². The highest BCUT2D eigenvalue weighted by Crippen LogP contribution is 2.25. The molecule has 0 aliphatic heterocycles. The normalized spacial score (nSPS) is 10.6.